The molecular weight excluding hydrogens is 350 g/mol. The Hall–Kier alpha value is -2.82. The molecule has 1 aliphatic heterocycles. The molecule has 0 unspecified atom stereocenters. The van der Waals surface area contributed by atoms with Gasteiger partial charge in [0.25, 0.3) is 5.91 Å². The molecule has 0 saturated carbocycles. The van der Waals surface area contributed by atoms with Crippen LogP contribution in [0.2, 0.25) is 0 Å². The van der Waals surface area contributed by atoms with E-state index < -0.39 is 5.41 Å². The number of carbonyl (C=O) groups is 2. The first-order chi connectivity index (χ1) is 13.3. The maximum atomic E-state index is 13.1. The van der Waals surface area contributed by atoms with E-state index in [4.69, 9.17) is 0 Å². The summed E-state index contributed by atoms with van der Waals surface area (Å²) in [7, 11) is 3.92. The lowest BCUT2D eigenvalue weighted by Crippen LogP contribution is -2.54. The molecule has 3 rings (SSSR count). The van der Waals surface area contributed by atoms with Gasteiger partial charge in [-0.05, 0) is 37.6 Å². The highest BCUT2D eigenvalue weighted by Crippen LogP contribution is 2.26. The van der Waals surface area contributed by atoms with Crippen LogP contribution in [-0.2, 0) is 10.2 Å². The highest BCUT2D eigenvalue weighted by molar-refractivity contribution is 5.95. The van der Waals surface area contributed by atoms with E-state index in [2.05, 4.69) is 0 Å². The Morgan fingerprint density at radius 1 is 0.857 bits per heavy atom. The molecule has 2 amide bonds. The molecule has 2 aromatic carbocycles. The maximum Gasteiger partial charge on any atom is 0.254 e. The van der Waals surface area contributed by atoms with Gasteiger partial charge in [0.05, 0.1) is 5.41 Å². The third-order valence-corrected chi connectivity index (χ3v) is 5.49. The molecular formula is C23H29N3O2. The molecule has 2 aromatic rings. The first-order valence-electron chi connectivity index (χ1n) is 9.72. The predicted octanol–water partition coefficient (Wildman–Crippen LogP) is 3.01. The number of carbonyl (C=O) groups excluding carboxylic acids is 2. The first kappa shape index (κ1) is 19.9. The smallest absolute Gasteiger partial charge is 0.254 e. The molecule has 0 radical (unpaired) electrons. The molecule has 0 aliphatic carbocycles. The third kappa shape index (κ3) is 4.03. The highest BCUT2D eigenvalue weighted by atomic mass is 16.2. The number of benzene rings is 2. The van der Waals surface area contributed by atoms with Crippen LogP contribution in [0.15, 0.2) is 54.6 Å². The van der Waals surface area contributed by atoms with Crippen LogP contribution in [0.4, 0.5) is 5.69 Å². The van der Waals surface area contributed by atoms with Crippen molar-refractivity contribution in [2.24, 2.45) is 0 Å². The topological polar surface area (TPSA) is 43.9 Å². The number of rotatable bonds is 4. The van der Waals surface area contributed by atoms with Gasteiger partial charge in [0.1, 0.15) is 0 Å². The Morgan fingerprint density at radius 2 is 1.46 bits per heavy atom. The summed E-state index contributed by atoms with van der Waals surface area (Å²) < 4.78 is 0. The minimum atomic E-state index is -0.576. The van der Waals surface area contributed by atoms with Crippen LogP contribution in [0.3, 0.4) is 0 Å². The lowest BCUT2D eigenvalue weighted by molar-refractivity contribution is -0.137. The quantitative estimate of drug-likeness (QED) is 0.820. The second-order valence-corrected chi connectivity index (χ2v) is 8.02. The Labute approximate surface area is 167 Å². The number of anilines is 1. The molecule has 0 aromatic heterocycles. The minimum Gasteiger partial charge on any atom is -0.378 e. The average Bonchev–Trinajstić information content (AvgIpc) is 2.73. The van der Waals surface area contributed by atoms with E-state index in [0.717, 1.165) is 11.3 Å². The van der Waals surface area contributed by atoms with Crippen LogP contribution in [-0.4, -0.2) is 61.9 Å². The molecule has 5 nitrogen and oxygen atoms in total. The standard InChI is InChI=1S/C23H29N3O2/c1-23(2,19-10-6-5-7-11-19)22(28)26-15-13-25(14-16-26)21(27)18-9-8-12-20(17-18)24(3)4/h5-12,17H,13-16H2,1-4H3. The number of nitrogens with zero attached hydrogens (tertiary/aromatic N) is 3. The third-order valence-electron chi connectivity index (χ3n) is 5.49. The molecule has 0 spiro atoms. The van der Waals surface area contributed by atoms with Crippen molar-refractivity contribution >= 4 is 17.5 Å². The molecule has 1 aliphatic rings. The summed E-state index contributed by atoms with van der Waals surface area (Å²) in [6.45, 7) is 6.18. The Balaban J connectivity index is 1.65. The fourth-order valence-electron chi connectivity index (χ4n) is 3.59. The van der Waals surface area contributed by atoms with Crippen molar-refractivity contribution in [1.82, 2.24) is 9.80 Å². The van der Waals surface area contributed by atoms with Gasteiger partial charge in [-0.25, -0.2) is 0 Å². The van der Waals surface area contributed by atoms with Crippen LogP contribution in [0.25, 0.3) is 0 Å². The van der Waals surface area contributed by atoms with Crippen molar-refractivity contribution in [3.63, 3.8) is 0 Å². The van der Waals surface area contributed by atoms with E-state index >= 15 is 0 Å². The van der Waals surface area contributed by atoms with Gasteiger partial charge in [-0.1, -0.05) is 36.4 Å². The molecule has 0 bridgehead atoms. The minimum absolute atomic E-state index is 0.0260. The van der Waals surface area contributed by atoms with Crippen LogP contribution in [0, 0.1) is 0 Å². The molecule has 1 fully saturated rings. The lowest BCUT2D eigenvalue weighted by atomic mass is 9.83. The molecule has 28 heavy (non-hydrogen) atoms. The summed E-state index contributed by atoms with van der Waals surface area (Å²) in [5.74, 6) is 0.138. The lowest BCUT2D eigenvalue weighted by Gasteiger charge is -2.39. The van der Waals surface area contributed by atoms with Gasteiger partial charge in [-0.15, -0.1) is 0 Å². The van der Waals surface area contributed by atoms with Gasteiger partial charge >= 0.3 is 0 Å². The summed E-state index contributed by atoms with van der Waals surface area (Å²) in [6.07, 6.45) is 0. The van der Waals surface area contributed by atoms with E-state index in [9.17, 15) is 9.59 Å². The fourth-order valence-corrected chi connectivity index (χ4v) is 3.59. The molecule has 5 heteroatoms. The van der Waals surface area contributed by atoms with E-state index in [0.29, 0.717) is 31.7 Å². The summed E-state index contributed by atoms with van der Waals surface area (Å²) in [5.41, 5.74) is 2.13. The average molecular weight is 380 g/mol. The summed E-state index contributed by atoms with van der Waals surface area (Å²) in [5, 5.41) is 0. The predicted molar refractivity (Wildman–Crippen MR) is 113 cm³/mol. The zero-order valence-electron chi connectivity index (χ0n) is 17.2. The van der Waals surface area contributed by atoms with Crippen LogP contribution < -0.4 is 4.90 Å². The summed E-state index contributed by atoms with van der Waals surface area (Å²) in [6, 6.07) is 17.5. The fraction of sp³-hybridized carbons (Fsp3) is 0.391. The second kappa shape index (κ2) is 8.05. The second-order valence-electron chi connectivity index (χ2n) is 8.02. The number of amides is 2. The largest absolute Gasteiger partial charge is 0.378 e. The van der Waals surface area contributed by atoms with E-state index in [1.165, 1.54) is 0 Å². The van der Waals surface area contributed by atoms with Crippen molar-refractivity contribution in [3.05, 3.63) is 65.7 Å². The number of hydrogen-bond donors (Lipinski definition) is 0. The van der Waals surface area contributed by atoms with Crippen LogP contribution in [0.5, 0.6) is 0 Å². The molecule has 0 N–H and O–H groups in total. The van der Waals surface area contributed by atoms with Gasteiger partial charge in [-0.2, -0.15) is 0 Å². The van der Waals surface area contributed by atoms with Gasteiger partial charge < -0.3 is 14.7 Å². The molecule has 1 saturated heterocycles. The van der Waals surface area contributed by atoms with Gasteiger partial charge in [0, 0.05) is 51.5 Å². The van der Waals surface area contributed by atoms with Crippen LogP contribution in [0.1, 0.15) is 29.8 Å². The Kier molecular flexibility index (Phi) is 5.73. The van der Waals surface area contributed by atoms with E-state index in [1.807, 2.05) is 97.2 Å². The van der Waals surface area contributed by atoms with Gasteiger partial charge in [0.2, 0.25) is 5.91 Å². The van der Waals surface area contributed by atoms with E-state index in [1.54, 1.807) is 0 Å². The van der Waals surface area contributed by atoms with E-state index in [-0.39, 0.29) is 11.8 Å². The monoisotopic (exact) mass is 379 g/mol. The van der Waals surface area contributed by atoms with Crippen molar-refractivity contribution in [3.8, 4) is 0 Å². The summed E-state index contributed by atoms with van der Waals surface area (Å²) >= 11 is 0. The molecule has 1 heterocycles. The van der Waals surface area contributed by atoms with Crippen molar-refractivity contribution in [2.75, 3.05) is 45.2 Å². The zero-order chi connectivity index (χ0) is 20.3. The van der Waals surface area contributed by atoms with Crippen molar-refractivity contribution in [1.29, 1.82) is 0 Å². The van der Waals surface area contributed by atoms with Crippen molar-refractivity contribution in [2.45, 2.75) is 19.3 Å². The van der Waals surface area contributed by atoms with Crippen LogP contribution >= 0.6 is 0 Å². The Bertz CT molecular complexity index is 838. The number of piperazine rings is 1. The van der Waals surface area contributed by atoms with Gasteiger partial charge in [-0.3, -0.25) is 9.59 Å². The number of hydrogen-bond acceptors (Lipinski definition) is 3. The van der Waals surface area contributed by atoms with Crippen molar-refractivity contribution < 1.29 is 9.59 Å². The SMILES string of the molecule is CN(C)c1cccc(C(=O)N2CCN(C(=O)C(C)(C)c3ccccc3)CC2)c1. The van der Waals surface area contributed by atoms with Gasteiger partial charge in [0.15, 0.2) is 0 Å². The zero-order valence-corrected chi connectivity index (χ0v) is 17.2. The maximum absolute atomic E-state index is 13.1. The summed E-state index contributed by atoms with van der Waals surface area (Å²) in [4.78, 5) is 31.7. The Morgan fingerprint density at radius 3 is 2.07 bits per heavy atom. The molecule has 148 valence electrons. The highest BCUT2D eigenvalue weighted by Gasteiger charge is 2.35. The first-order valence-corrected chi connectivity index (χ1v) is 9.72. The normalized spacial score (nSPS) is 14.7. The molecule has 0 atom stereocenters.